The molecule has 0 unspecified atom stereocenters. The number of amides is 1. The van der Waals surface area contributed by atoms with Gasteiger partial charge in [-0.25, -0.2) is 0 Å². The van der Waals surface area contributed by atoms with Crippen molar-refractivity contribution in [2.24, 2.45) is 0 Å². The Hall–Kier alpha value is -2.63. The van der Waals surface area contributed by atoms with Gasteiger partial charge < -0.3 is 20.1 Å². The Morgan fingerprint density at radius 2 is 1.79 bits per heavy atom. The van der Waals surface area contributed by atoms with Gasteiger partial charge in [-0.3, -0.25) is 4.79 Å². The van der Waals surface area contributed by atoms with Gasteiger partial charge in [0.15, 0.2) is 6.29 Å². The standard InChI is InChI=1S/C19H20N2O3/c1-2-4-18(22)21-17-6-3-5-16(13-17)20-15-9-7-14(8-10-15)19-23-11-12-24-19/h2-3,5-10,13,19-20H,1,4,11-12H2,(H,21,22). The third-order valence-corrected chi connectivity index (χ3v) is 3.57. The molecule has 0 radical (unpaired) electrons. The summed E-state index contributed by atoms with van der Waals surface area (Å²) < 4.78 is 11.0. The second-order valence-electron chi connectivity index (χ2n) is 5.44. The van der Waals surface area contributed by atoms with Crippen molar-refractivity contribution < 1.29 is 14.3 Å². The minimum Gasteiger partial charge on any atom is -0.355 e. The maximum Gasteiger partial charge on any atom is 0.228 e. The molecule has 1 aliphatic heterocycles. The smallest absolute Gasteiger partial charge is 0.228 e. The molecule has 1 fully saturated rings. The molecular weight excluding hydrogens is 304 g/mol. The van der Waals surface area contributed by atoms with E-state index in [1.54, 1.807) is 6.08 Å². The van der Waals surface area contributed by atoms with Crippen LogP contribution in [0.2, 0.25) is 0 Å². The van der Waals surface area contributed by atoms with Crippen molar-refractivity contribution in [3.8, 4) is 0 Å². The molecule has 0 aliphatic carbocycles. The van der Waals surface area contributed by atoms with Crippen LogP contribution in [-0.4, -0.2) is 19.1 Å². The summed E-state index contributed by atoms with van der Waals surface area (Å²) in [6.45, 7) is 4.83. The highest BCUT2D eigenvalue weighted by Crippen LogP contribution is 2.26. The van der Waals surface area contributed by atoms with Crippen LogP contribution in [0.3, 0.4) is 0 Å². The summed E-state index contributed by atoms with van der Waals surface area (Å²) in [4.78, 5) is 11.6. The number of carbonyl (C=O) groups is 1. The van der Waals surface area contributed by atoms with Crippen molar-refractivity contribution in [2.45, 2.75) is 12.7 Å². The van der Waals surface area contributed by atoms with Gasteiger partial charge in [-0.1, -0.05) is 24.3 Å². The van der Waals surface area contributed by atoms with E-state index in [-0.39, 0.29) is 12.2 Å². The van der Waals surface area contributed by atoms with Crippen LogP contribution in [0.4, 0.5) is 17.1 Å². The zero-order chi connectivity index (χ0) is 16.8. The first-order chi connectivity index (χ1) is 11.7. The van der Waals surface area contributed by atoms with Crippen LogP contribution < -0.4 is 10.6 Å². The van der Waals surface area contributed by atoms with Crippen molar-refractivity contribution in [2.75, 3.05) is 23.8 Å². The number of ether oxygens (including phenoxy) is 2. The maximum absolute atomic E-state index is 11.6. The van der Waals surface area contributed by atoms with E-state index in [1.165, 1.54) is 0 Å². The average molecular weight is 324 g/mol. The molecule has 2 aromatic rings. The molecule has 1 heterocycles. The van der Waals surface area contributed by atoms with Crippen LogP contribution in [0, 0.1) is 0 Å². The van der Waals surface area contributed by atoms with Gasteiger partial charge in [-0.15, -0.1) is 6.58 Å². The van der Waals surface area contributed by atoms with E-state index in [0.29, 0.717) is 19.6 Å². The monoisotopic (exact) mass is 324 g/mol. The second-order valence-corrected chi connectivity index (χ2v) is 5.44. The molecule has 0 bridgehead atoms. The van der Waals surface area contributed by atoms with Crippen LogP contribution >= 0.6 is 0 Å². The second kappa shape index (κ2) is 7.77. The van der Waals surface area contributed by atoms with Gasteiger partial charge in [0.25, 0.3) is 0 Å². The summed E-state index contributed by atoms with van der Waals surface area (Å²) in [6, 6.07) is 15.5. The summed E-state index contributed by atoms with van der Waals surface area (Å²) in [5.74, 6) is -0.0805. The molecule has 3 rings (SSSR count). The normalized spacial score (nSPS) is 14.3. The number of carbonyl (C=O) groups excluding carboxylic acids is 1. The van der Waals surface area contributed by atoms with Crippen LogP contribution in [0.1, 0.15) is 18.3 Å². The molecule has 24 heavy (non-hydrogen) atoms. The Balaban J connectivity index is 1.64. The fourth-order valence-electron chi connectivity index (χ4n) is 2.46. The molecule has 1 aliphatic rings. The summed E-state index contributed by atoms with van der Waals surface area (Å²) in [5, 5.41) is 6.15. The summed E-state index contributed by atoms with van der Waals surface area (Å²) >= 11 is 0. The SMILES string of the molecule is C=CCC(=O)Nc1cccc(Nc2ccc(C3OCCO3)cc2)c1. The Labute approximate surface area is 141 Å². The lowest BCUT2D eigenvalue weighted by Crippen LogP contribution is -2.09. The number of hydrogen-bond donors (Lipinski definition) is 2. The molecule has 0 atom stereocenters. The van der Waals surface area contributed by atoms with E-state index in [9.17, 15) is 4.79 Å². The summed E-state index contributed by atoms with van der Waals surface area (Å²) in [7, 11) is 0. The van der Waals surface area contributed by atoms with E-state index in [0.717, 1.165) is 22.6 Å². The lowest BCUT2D eigenvalue weighted by molar-refractivity contribution is -0.115. The molecule has 124 valence electrons. The van der Waals surface area contributed by atoms with E-state index in [1.807, 2.05) is 48.5 Å². The minimum atomic E-state index is -0.262. The van der Waals surface area contributed by atoms with Crippen molar-refractivity contribution in [1.29, 1.82) is 0 Å². The molecule has 2 aromatic carbocycles. The third-order valence-electron chi connectivity index (χ3n) is 3.57. The Bertz CT molecular complexity index is 707. The van der Waals surface area contributed by atoms with E-state index in [2.05, 4.69) is 17.2 Å². The molecule has 0 aromatic heterocycles. The molecular formula is C19H20N2O3. The van der Waals surface area contributed by atoms with Crippen molar-refractivity contribution in [1.82, 2.24) is 0 Å². The fourth-order valence-corrected chi connectivity index (χ4v) is 2.46. The largest absolute Gasteiger partial charge is 0.355 e. The van der Waals surface area contributed by atoms with Crippen LogP contribution in [0.25, 0.3) is 0 Å². The van der Waals surface area contributed by atoms with Gasteiger partial charge in [0.05, 0.1) is 13.2 Å². The molecule has 1 amide bonds. The highest BCUT2D eigenvalue weighted by molar-refractivity contribution is 5.92. The first kappa shape index (κ1) is 16.2. The number of hydrogen-bond acceptors (Lipinski definition) is 4. The zero-order valence-electron chi connectivity index (χ0n) is 13.3. The molecule has 0 spiro atoms. The van der Waals surface area contributed by atoms with Crippen LogP contribution in [0.15, 0.2) is 61.2 Å². The van der Waals surface area contributed by atoms with E-state index >= 15 is 0 Å². The van der Waals surface area contributed by atoms with Gasteiger partial charge in [0.1, 0.15) is 0 Å². The molecule has 1 saturated heterocycles. The topological polar surface area (TPSA) is 59.6 Å². The zero-order valence-corrected chi connectivity index (χ0v) is 13.3. The number of nitrogens with one attached hydrogen (secondary N) is 2. The van der Waals surface area contributed by atoms with Crippen LogP contribution in [0.5, 0.6) is 0 Å². The Morgan fingerprint density at radius 3 is 2.50 bits per heavy atom. The van der Waals surface area contributed by atoms with Gasteiger partial charge in [-0.05, 0) is 30.3 Å². The predicted molar refractivity (Wildman–Crippen MR) is 94.3 cm³/mol. The summed E-state index contributed by atoms with van der Waals surface area (Å²) in [6.07, 6.45) is 1.61. The number of benzene rings is 2. The maximum atomic E-state index is 11.6. The first-order valence-corrected chi connectivity index (χ1v) is 7.85. The molecule has 5 heteroatoms. The molecule has 5 nitrogen and oxygen atoms in total. The van der Waals surface area contributed by atoms with E-state index < -0.39 is 0 Å². The Morgan fingerprint density at radius 1 is 1.08 bits per heavy atom. The first-order valence-electron chi connectivity index (χ1n) is 7.85. The van der Waals surface area contributed by atoms with Crippen molar-refractivity contribution in [3.63, 3.8) is 0 Å². The summed E-state index contributed by atoms with van der Waals surface area (Å²) in [5.41, 5.74) is 3.60. The van der Waals surface area contributed by atoms with Crippen molar-refractivity contribution in [3.05, 3.63) is 66.7 Å². The van der Waals surface area contributed by atoms with Gasteiger partial charge >= 0.3 is 0 Å². The fraction of sp³-hybridized carbons (Fsp3) is 0.211. The quantitative estimate of drug-likeness (QED) is 0.789. The minimum absolute atomic E-state index is 0.0805. The van der Waals surface area contributed by atoms with Crippen molar-refractivity contribution >= 4 is 23.0 Å². The average Bonchev–Trinajstić information content (AvgIpc) is 3.10. The van der Waals surface area contributed by atoms with Crippen LogP contribution in [-0.2, 0) is 14.3 Å². The van der Waals surface area contributed by atoms with Gasteiger partial charge in [0.2, 0.25) is 5.91 Å². The van der Waals surface area contributed by atoms with Gasteiger partial charge in [0, 0.05) is 29.0 Å². The third kappa shape index (κ3) is 4.22. The molecule has 0 saturated carbocycles. The lowest BCUT2D eigenvalue weighted by Gasteiger charge is -2.12. The number of anilines is 3. The highest BCUT2D eigenvalue weighted by atomic mass is 16.7. The van der Waals surface area contributed by atoms with Gasteiger partial charge in [-0.2, -0.15) is 0 Å². The highest BCUT2D eigenvalue weighted by Gasteiger charge is 2.17. The molecule has 2 N–H and O–H groups in total. The number of rotatable bonds is 6. The van der Waals surface area contributed by atoms with E-state index in [4.69, 9.17) is 9.47 Å². The lowest BCUT2D eigenvalue weighted by atomic mass is 10.2. The Kier molecular flexibility index (Phi) is 5.25. The predicted octanol–water partition coefficient (Wildman–Crippen LogP) is 3.99.